The van der Waals surface area contributed by atoms with Crippen LogP contribution in [-0.4, -0.2) is 28.7 Å². The number of hydrogen-bond donors (Lipinski definition) is 1. The molecule has 8 nitrogen and oxygen atoms in total. The van der Waals surface area contributed by atoms with Crippen LogP contribution in [0.2, 0.25) is 0 Å². The molecule has 0 atom stereocenters. The van der Waals surface area contributed by atoms with E-state index in [0.29, 0.717) is 17.0 Å². The molecule has 0 saturated heterocycles. The van der Waals surface area contributed by atoms with E-state index >= 15 is 0 Å². The number of hydrogen-bond acceptors (Lipinski definition) is 5. The van der Waals surface area contributed by atoms with Crippen molar-refractivity contribution in [3.05, 3.63) is 87.2 Å². The molecular weight excluding hydrogens is 372 g/mol. The standard InChI is InChI=1S/C21H20N4O4/c1-14-10-17(13-22-23-21(26)16-6-4-9-20(11-16)29-3)15(2)24(14)18-7-5-8-19(12-18)25(27)28/h4-13H,1-3H3,(H,23,26)/b22-13+. The fourth-order valence-electron chi connectivity index (χ4n) is 3.05. The van der Waals surface area contributed by atoms with Gasteiger partial charge in [0.05, 0.1) is 23.9 Å². The molecule has 29 heavy (non-hydrogen) atoms. The molecule has 0 saturated carbocycles. The van der Waals surface area contributed by atoms with E-state index in [4.69, 9.17) is 4.74 Å². The largest absolute Gasteiger partial charge is 0.497 e. The number of methoxy groups -OCH3 is 1. The number of non-ortho nitro benzene ring substituents is 1. The van der Waals surface area contributed by atoms with Gasteiger partial charge in [-0.15, -0.1) is 0 Å². The lowest BCUT2D eigenvalue weighted by Crippen LogP contribution is -2.17. The van der Waals surface area contributed by atoms with E-state index in [0.717, 1.165) is 17.0 Å². The molecule has 0 bridgehead atoms. The van der Waals surface area contributed by atoms with Crippen LogP contribution in [0.5, 0.6) is 5.75 Å². The summed E-state index contributed by atoms with van der Waals surface area (Å²) in [6, 6.07) is 15.1. The third-order valence-corrected chi connectivity index (χ3v) is 4.47. The number of aryl methyl sites for hydroxylation is 1. The number of carbonyl (C=O) groups excluding carboxylic acids is 1. The number of hydrazone groups is 1. The Morgan fingerprint density at radius 3 is 2.66 bits per heavy atom. The fourth-order valence-corrected chi connectivity index (χ4v) is 3.05. The minimum atomic E-state index is -0.422. The van der Waals surface area contributed by atoms with Crippen LogP contribution in [0, 0.1) is 24.0 Å². The molecule has 0 aliphatic carbocycles. The highest BCUT2D eigenvalue weighted by Gasteiger charge is 2.13. The number of ether oxygens (including phenoxy) is 1. The van der Waals surface area contributed by atoms with Crippen molar-refractivity contribution >= 4 is 17.8 Å². The minimum absolute atomic E-state index is 0.0239. The van der Waals surface area contributed by atoms with Crippen molar-refractivity contribution in [2.75, 3.05) is 7.11 Å². The van der Waals surface area contributed by atoms with E-state index in [2.05, 4.69) is 10.5 Å². The zero-order chi connectivity index (χ0) is 21.0. The van der Waals surface area contributed by atoms with E-state index in [9.17, 15) is 14.9 Å². The smallest absolute Gasteiger partial charge is 0.271 e. The van der Waals surface area contributed by atoms with Crippen LogP contribution in [0.15, 0.2) is 59.7 Å². The molecule has 0 fully saturated rings. The summed E-state index contributed by atoms with van der Waals surface area (Å²) < 4.78 is 7.01. The Morgan fingerprint density at radius 2 is 1.93 bits per heavy atom. The normalized spacial score (nSPS) is 10.9. The number of nitro benzene ring substituents is 1. The first-order valence-electron chi connectivity index (χ1n) is 8.82. The third-order valence-electron chi connectivity index (χ3n) is 4.47. The van der Waals surface area contributed by atoms with E-state index in [1.807, 2.05) is 24.5 Å². The number of nitrogens with zero attached hydrogens (tertiary/aromatic N) is 3. The molecule has 1 N–H and O–H groups in total. The molecule has 148 valence electrons. The summed E-state index contributed by atoms with van der Waals surface area (Å²) >= 11 is 0. The van der Waals surface area contributed by atoms with Gasteiger partial charge in [0.1, 0.15) is 5.75 Å². The maximum absolute atomic E-state index is 12.2. The Bertz CT molecular complexity index is 1100. The minimum Gasteiger partial charge on any atom is -0.497 e. The number of nitrogens with one attached hydrogen (secondary N) is 1. The summed E-state index contributed by atoms with van der Waals surface area (Å²) in [7, 11) is 1.53. The molecule has 2 aromatic carbocycles. The lowest BCUT2D eigenvalue weighted by atomic mass is 10.2. The van der Waals surface area contributed by atoms with Gasteiger partial charge in [-0.1, -0.05) is 12.1 Å². The van der Waals surface area contributed by atoms with E-state index < -0.39 is 4.92 Å². The van der Waals surface area contributed by atoms with Gasteiger partial charge >= 0.3 is 0 Å². The third kappa shape index (κ3) is 4.32. The van der Waals surface area contributed by atoms with Crippen molar-refractivity contribution in [1.29, 1.82) is 0 Å². The predicted molar refractivity (Wildman–Crippen MR) is 110 cm³/mol. The van der Waals surface area contributed by atoms with Gasteiger partial charge < -0.3 is 9.30 Å². The van der Waals surface area contributed by atoms with Crippen LogP contribution < -0.4 is 10.2 Å². The fraction of sp³-hybridized carbons (Fsp3) is 0.143. The van der Waals surface area contributed by atoms with Gasteiger partial charge in [0, 0.05) is 34.6 Å². The Hall–Kier alpha value is -3.94. The molecule has 1 aromatic heterocycles. The second-order valence-electron chi connectivity index (χ2n) is 6.37. The Morgan fingerprint density at radius 1 is 1.17 bits per heavy atom. The van der Waals surface area contributed by atoms with Crippen molar-refractivity contribution in [2.45, 2.75) is 13.8 Å². The molecule has 1 heterocycles. The van der Waals surface area contributed by atoms with Crippen molar-refractivity contribution in [3.8, 4) is 11.4 Å². The van der Waals surface area contributed by atoms with Crippen LogP contribution in [0.4, 0.5) is 5.69 Å². The summed E-state index contributed by atoms with van der Waals surface area (Å²) in [5, 5.41) is 15.1. The van der Waals surface area contributed by atoms with Crippen molar-refractivity contribution < 1.29 is 14.5 Å². The molecule has 3 aromatic rings. The maximum Gasteiger partial charge on any atom is 0.271 e. The summed E-state index contributed by atoms with van der Waals surface area (Å²) in [5.74, 6) is 0.231. The average Bonchev–Trinajstić information content (AvgIpc) is 3.01. The second-order valence-corrected chi connectivity index (χ2v) is 6.37. The number of rotatable bonds is 6. The molecule has 3 rings (SSSR count). The summed E-state index contributed by atoms with van der Waals surface area (Å²) in [6.07, 6.45) is 1.55. The molecule has 0 aliphatic rings. The number of carbonyl (C=O) groups is 1. The van der Waals surface area contributed by atoms with Crippen LogP contribution in [0.1, 0.15) is 27.3 Å². The highest BCUT2D eigenvalue weighted by Crippen LogP contribution is 2.23. The summed E-state index contributed by atoms with van der Waals surface area (Å²) in [4.78, 5) is 22.9. The number of aromatic nitrogens is 1. The van der Waals surface area contributed by atoms with Gasteiger partial charge in [0.25, 0.3) is 11.6 Å². The van der Waals surface area contributed by atoms with E-state index in [1.165, 1.54) is 19.2 Å². The second kappa shape index (κ2) is 8.39. The van der Waals surface area contributed by atoms with Gasteiger partial charge in [0.2, 0.25) is 0 Å². The SMILES string of the molecule is COc1cccc(C(=O)N/N=C/c2cc(C)n(-c3cccc([N+](=O)[O-])c3)c2C)c1. The topological polar surface area (TPSA) is 98.8 Å². The number of nitro groups is 1. The Labute approximate surface area is 167 Å². The molecule has 0 unspecified atom stereocenters. The molecular formula is C21H20N4O4. The number of benzene rings is 2. The first kappa shape index (κ1) is 19.8. The summed E-state index contributed by atoms with van der Waals surface area (Å²) in [5.41, 5.74) is 6.17. The zero-order valence-corrected chi connectivity index (χ0v) is 16.2. The van der Waals surface area contributed by atoms with E-state index in [-0.39, 0.29) is 11.6 Å². The van der Waals surface area contributed by atoms with Crippen LogP contribution in [0.25, 0.3) is 5.69 Å². The lowest BCUT2D eigenvalue weighted by Gasteiger charge is -2.09. The van der Waals surface area contributed by atoms with Gasteiger partial charge in [-0.05, 0) is 44.2 Å². The molecule has 0 spiro atoms. The van der Waals surface area contributed by atoms with Crippen molar-refractivity contribution in [1.82, 2.24) is 9.99 Å². The molecule has 0 aliphatic heterocycles. The van der Waals surface area contributed by atoms with Crippen molar-refractivity contribution in [3.63, 3.8) is 0 Å². The summed E-state index contributed by atoms with van der Waals surface area (Å²) in [6.45, 7) is 3.79. The Balaban J connectivity index is 1.80. The highest BCUT2D eigenvalue weighted by atomic mass is 16.6. The predicted octanol–water partition coefficient (Wildman–Crippen LogP) is 3.77. The first-order valence-corrected chi connectivity index (χ1v) is 8.82. The highest BCUT2D eigenvalue weighted by molar-refractivity contribution is 5.95. The molecule has 8 heteroatoms. The van der Waals surface area contributed by atoms with Gasteiger partial charge in [-0.3, -0.25) is 14.9 Å². The molecule has 1 amide bonds. The van der Waals surface area contributed by atoms with E-state index in [1.54, 1.807) is 42.6 Å². The van der Waals surface area contributed by atoms with Crippen LogP contribution in [0.3, 0.4) is 0 Å². The van der Waals surface area contributed by atoms with Crippen molar-refractivity contribution in [2.24, 2.45) is 5.10 Å². The Kier molecular flexibility index (Phi) is 5.73. The quantitative estimate of drug-likeness (QED) is 0.392. The van der Waals surface area contributed by atoms with Gasteiger partial charge in [-0.2, -0.15) is 5.10 Å². The lowest BCUT2D eigenvalue weighted by molar-refractivity contribution is -0.384. The average molecular weight is 392 g/mol. The number of amides is 1. The monoisotopic (exact) mass is 392 g/mol. The zero-order valence-electron chi connectivity index (χ0n) is 16.2. The van der Waals surface area contributed by atoms with Gasteiger partial charge in [0.15, 0.2) is 0 Å². The van der Waals surface area contributed by atoms with Crippen LogP contribution >= 0.6 is 0 Å². The first-order chi connectivity index (χ1) is 13.9. The molecule has 0 radical (unpaired) electrons. The maximum atomic E-state index is 12.2. The van der Waals surface area contributed by atoms with Gasteiger partial charge in [-0.25, -0.2) is 5.43 Å². The van der Waals surface area contributed by atoms with Crippen LogP contribution in [-0.2, 0) is 0 Å².